The van der Waals surface area contributed by atoms with Crippen molar-refractivity contribution in [1.29, 1.82) is 0 Å². The minimum atomic E-state index is -1.24. The van der Waals surface area contributed by atoms with Crippen LogP contribution < -0.4 is 17.0 Å². The van der Waals surface area contributed by atoms with Crippen molar-refractivity contribution >= 4 is 5.91 Å². The highest BCUT2D eigenvalue weighted by atomic mass is 16.5. The number of amides is 1. The molecule has 0 saturated carbocycles. The van der Waals surface area contributed by atoms with Gasteiger partial charge in [0.2, 0.25) is 5.91 Å². The molecule has 10 heteroatoms. The highest BCUT2D eigenvalue weighted by molar-refractivity contribution is 5.82. The number of nitrogens with two attached hydrogens (primary N) is 1. The SMILES string of the molecule is Cc1cn([C@H]2COC3(CCN(C(=O)[C@@H](N)Cc4ccc(O)cc4)CC3)C[C@]2(C)O)c(=O)[nH]c1=O. The number of nitrogens with one attached hydrogen (secondary N) is 1. The van der Waals surface area contributed by atoms with Crippen molar-refractivity contribution in [3.8, 4) is 5.75 Å². The molecule has 1 amide bonds. The van der Waals surface area contributed by atoms with E-state index in [2.05, 4.69) is 4.98 Å². The van der Waals surface area contributed by atoms with Crippen LogP contribution in [-0.2, 0) is 16.0 Å². The third-order valence-electron chi connectivity index (χ3n) is 7.12. The molecule has 5 N–H and O–H groups in total. The average molecular weight is 473 g/mol. The third kappa shape index (κ3) is 4.79. The number of ether oxygens (including phenoxy) is 1. The fourth-order valence-corrected chi connectivity index (χ4v) is 5.12. The summed E-state index contributed by atoms with van der Waals surface area (Å²) in [6, 6.07) is 5.31. The Morgan fingerprint density at radius 1 is 1.26 bits per heavy atom. The second-order valence-electron chi connectivity index (χ2n) is 9.82. The molecule has 3 atom stereocenters. The standard InChI is InChI=1S/C24H32N4O6/c1-15-12-28(22(32)26-20(15)30)19-13-34-24(14-23(19,2)33)7-9-27(10-8-24)21(31)18(25)11-16-3-5-17(29)6-4-16/h3-6,12,18-19,29,33H,7-11,13-14,25H2,1-2H3,(H,26,30,32)/t18-,19-,23-/m0/s1. The summed E-state index contributed by atoms with van der Waals surface area (Å²) in [4.78, 5) is 41.0. The molecule has 0 aliphatic carbocycles. The van der Waals surface area contributed by atoms with Gasteiger partial charge >= 0.3 is 5.69 Å². The summed E-state index contributed by atoms with van der Waals surface area (Å²) < 4.78 is 7.56. The number of rotatable bonds is 4. The van der Waals surface area contributed by atoms with Gasteiger partial charge in [-0.25, -0.2) is 4.79 Å². The zero-order valence-corrected chi connectivity index (χ0v) is 19.5. The van der Waals surface area contributed by atoms with E-state index >= 15 is 0 Å². The van der Waals surface area contributed by atoms with E-state index in [1.54, 1.807) is 43.0 Å². The number of hydrogen-bond acceptors (Lipinski definition) is 7. The van der Waals surface area contributed by atoms with Crippen LogP contribution in [0.2, 0.25) is 0 Å². The van der Waals surface area contributed by atoms with Crippen molar-refractivity contribution in [3.05, 3.63) is 62.4 Å². The van der Waals surface area contributed by atoms with Crippen molar-refractivity contribution in [2.75, 3.05) is 19.7 Å². The van der Waals surface area contributed by atoms with Gasteiger partial charge in [-0.3, -0.25) is 19.1 Å². The molecule has 4 rings (SSSR count). The summed E-state index contributed by atoms with van der Waals surface area (Å²) in [6.45, 7) is 4.32. The molecule has 1 aromatic carbocycles. The summed E-state index contributed by atoms with van der Waals surface area (Å²) in [5, 5.41) is 20.7. The predicted molar refractivity (Wildman–Crippen MR) is 125 cm³/mol. The molecule has 0 bridgehead atoms. The maximum Gasteiger partial charge on any atom is 0.328 e. The van der Waals surface area contributed by atoms with Gasteiger partial charge in [0.25, 0.3) is 5.56 Å². The van der Waals surface area contributed by atoms with E-state index in [0.717, 1.165) is 5.56 Å². The van der Waals surface area contributed by atoms with Crippen molar-refractivity contribution < 1.29 is 19.7 Å². The van der Waals surface area contributed by atoms with E-state index in [1.165, 1.54) is 10.8 Å². The Bertz CT molecular complexity index is 1160. The Balaban J connectivity index is 1.39. The number of nitrogens with zero attached hydrogens (tertiary/aromatic N) is 2. The summed E-state index contributed by atoms with van der Waals surface area (Å²) in [6.07, 6.45) is 3.23. The van der Waals surface area contributed by atoms with Gasteiger partial charge in [-0.2, -0.15) is 0 Å². The first-order valence-electron chi connectivity index (χ1n) is 11.5. The number of aromatic nitrogens is 2. The minimum Gasteiger partial charge on any atom is -0.508 e. The number of H-pyrrole nitrogens is 1. The average Bonchev–Trinajstić information content (AvgIpc) is 2.78. The summed E-state index contributed by atoms with van der Waals surface area (Å²) in [5.41, 5.74) is 4.55. The highest BCUT2D eigenvalue weighted by Crippen LogP contribution is 2.43. The first-order valence-corrected chi connectivity index (χ1v) is 11.5. The van der Waals surface area contributed by atoms with Crippen LogP contribution in [-0.4, -0.2) is 67.5 Å². The number of hydrogen-bond donors (Lipinski definition) is 4. The van der Waals surface area contributed by atoms with E-state index < -0.39 is 34.5 Å². The predicted octanol–water partition coefficient (Wildman–Crippen LogP) is 0.194. The lowest BCUT2D eigenvalue weighted by Crippen LogP contribution is -2.60. The number of likely N-dealkylation sites (tertiary alicyclic amines) is 1. The van der Waals surface area contributed by atoms with Crippen molar-refractivity contribution in [2.45, 2.75) is 62.8 Å². The first-order chi connectivity index (χ1) is 16.0. The summed E-state index contributed by atoms with van der Waals surface area (Å²) in [5.74, 6) is 0.0229. The molecule has 2 saturated heterocycles. The Morgan fingerprint density at radius 3 is 2.53 bits per heavy atom. The molecule has 34 heavy (non-hydrogen) atoms. The highest BCUT2D eigenvalue weighted by Gasteiger charge is 2.50. The number of aliphatic hydroxyl groups is 1. The Morgan fingerprint density at radius 2 is 1.91 bits per heavy atom. The van der Waals surface area contributed by atoms with Gasteiger partial charge in [-0.15, -0.1) is 0 Å². The molecule has 0 radical (unpaired) electrons. The Hall–Kier alpha value is -2.95. The van der Waals surface area contributed by atoms with Gasteiger partial charge in [-0.05, 0) is 50.8 Å². The lowest BCUT2D eigenvalue weighted by molar-refractivity contribution is -0.198. The topological polar surface area (TPSA) is 151 Å². The number of phenolic OH excluding ortho intramolecular Hbond substituents is 1. The van der Waals surface area contributed by atoms with Gasteiger partial charge < -0.3 is 25.6 Å². The molecule has 2 aromatic rings. The van der Waals surface area contributed by atoms with E-state index in [4.69, 9.17) is 10.5 Å². The van der Waals surface area contributed by atoms with Crippen LogP contribution in [0.3, 0.4) is 0 Å². The monoisotopic (exact) mass is 472 g/mol. The van der Waals surface area contributed by atoms with Crippen LogP contribution in [0, 0.1) is 6.92 Å². The molecule has 2 fully saturated rings. The normalized spacial score (nSPS) is 25.3. The summed E-state index contributed by atoms with van der Waals surface area (Å²) in [7, 11) is 0. The van der Waals surface area contributed by atoms with Crippen molar-refractivity contribution in [3.63, 3.8) is 0 Å². The smallest absolute Gasteiger partial charge is 0.328 e. The van der Waals surface area contributed by atoms with Crippen molar-refractivity contribution in [2.24, 2.45) is 5.73 Å². The second kappa shape index (κ2) is 9.01. The van der Waals surface area contributed by atoms with Gasteiger partial charge in [-0.1, -0.05) is 12.1 Å². The maximum atomic E-state index is 12.9. The molecule has 2 aliphatic rings. The molecule has 1 aromatic heterocycles. The van der Waals surface area contributed by atoms with Crippen LogP contribution in [0.5, 0.6) is 5.75 Å². The first kappa shape index (κ1) is 24.2. The van der Waals surface area contributed by atoms with Crippen LogP contribution in [0.15, 0.2) is 40.1 Å². The largest absolute Gasteiger partial charge is 0.508 e. The molecule has 0 unspecified atom stereocenters. The quantitative estimate of drug-likeness (QED) is 0.496. The van der Waals surface area contributed by atoms with Gasteiger partial charge in [0.15, 0.2) is 0 Å². The molecule has 3 heterocycles. The fraction of sp³-hybridized carbons (Fsp3) is 0.542. The Kier molecular flexibility index (Phi) is 6.41. The fourth-order valence-electron chi connectivity index (χ4n) is 5.12. The lowest BCUT2D eigenvalue weighted by atomic mass is 9.75. The number of aromatic amines is 1. The number of benzene rings is 1. The minimum absolute atomic E-state index is 0.118. The number of aromatic hydroxyl groups is 1. The van der Waals surface area contributed by atoms with E-state index in [1.807, 2.05) is 0 Å². The second-order valence-corrected chi connectivity index (χ2v) is 9.82. The third-order valence-corrected chi connectivity index (χ3v) is 7.12. The number of phenols is 1. The van der Waals surface area contributed by atoms with Crippen LogP contribution in [0.1, 0.15) is 43.4 Å². The summed E-state index contributed by atoms with van der Waals surface area (Å²) >= 11 is 0. The number of carbonyl (C=O) groups is 1. The Labute approximate surface area is 197 Å². The van der Waals surface area contributed by atoms with Gasteiger partial charge in [0.1, 0.15) is 5.75 Å². The van der Waals surface area contributed by atoms with Crippen LogP contribution >= 0.6 is 0 Å². The molecule has 1 spiro atoms. The van der Waals surface area contributed by atoms with Crippen LogP contribution in [0.4, 0.5) is 0 Å². The molecular weight excluding hydrogens is 440 g/mol. The maximum absolute atomic E-state index is 12.9. The van der Waals surface area contributed by atoms with E-state index in [0.29, 0.717) is 44.3 Å². The molecule has 184 valence electrons. The van der Waals surface area contributed by atoms with Gasteiger partial charge in [0, 0.05) is 31.3 Å². The van der Waals surface area contributed by atoms with E-state index in [-0.39, 0.29) is 18.3 Å². The zero-order valence-electron chi connectivity index (χ0n) is 19.5. The number of carbonyl (C=O) groups excluding carboxylic acids is 1. The zero-order chi connectivity index (χ0) is 24.7. The van der Waals surface area contributed by atoms with Crippen molar-refractivity contribution in [1.82, 2.24) is 14.5 Å². The molecule has 10 nitrogen and oxygen atoms in total. The molecule has 2 aliphatic heterocycles. The number of aryl methyl sites for hydroxylation is 1. The van der Waals surface area contributed by atoms with E-state index in [9.17, 15) is 24.6 Å². The van der Waals surface area contributed by atoms with Gasteiger partial charge in [0.05, 0.1) is 29.9 Å². The number of piperidine rings is 1. The van der Waals surface area contributed by atoms with Crippen LogP contribution in [0.25, 0.3) is 0 Å². The molecular formula is C24H32N4O6. The lowest BCUT2D eigenvalue weighted by Gasteiger charge is -2.51.